The topological polar surface area (TPSA) is 24.1 Å². The largest absolute Gasteiger partial charge is 0.317 e. The Labute approximate surface area is 112 Å². The SMILES string of the molecule is Brc1cccc(CCNCC2CCNCC2)c1. The molecule has 0 aromatic heterocycles. The molecule has 0 bridgehead atoms. The van der Waals surface area contributed by atoms with Crippen molar-refractivity contribution in [2.75, 3.05) is 26.2 Å². The second-order valence-corrected chi connectivity index (χ2v) is 5.69. The van der Waals surface area contributed by atoms with Crippen molar-refractivity contribution in [2.45, 2.75) is 19.3 Å². The first-order chi connectivity index (χ1) is 8.34. The van der Waals surface area contributed by atoms with E-state index in [0.717, 1.165) is 18.9 Å². The lowest BCUT2D eigenvalue weighted by Gasteiger charge is -2.22. The molecule has 3 heteroatoms. The lowest BCUT2D eigenvalue weighted by Crippen LogP contribution is -2.34. The van der Waals surface area contributed by atoms with Crippen LogP contribution in [0.25, 0.3) is 0 Å². The number of halogens is 1. The van der Waals surface area contributed by atoms with E-state index >= 15 is 0 Å². The Morgan fingerprint density at radius 1 is 1.29 bits per heavy atom. The summed E-state index contributed by atoms with van der Waals surface area (Å²) in [5.74, 6) is 0.874. The molecule has 0 atom stereocenters. The second-order valence-electron chi connectivity index (χ2n) is 4.78. The third-order valence-corrected chi connectivity index (χ3v) is 3.86. The van der Waals surface area contributed by atoms with Crippen LogP contribution in [0.5, 0.6) is 0 Å². The molecule has 2 N–H and O–H groups in total. The minimum Gasteiger partial charge on any atom is -0.317 e. The van der Waals surface area contributed by atoms with Crippen LogP contribution in [0.4, 0.5) is 0 Å². The molecule has 1 fully saturated rings. The minimum atomic E-state index is 0.874. The van der Waals surface area contributed by atoms with Crippen LogP contribution in [-0.4, -0.2) is 26.2 Å². The fourth-order valence-corrected chi connectivity index (χ4v) is 2.76. The monoisotopic (exact) mass is 296 g/mol. The molecule has 1 saturated heterocycles. The van der Waals surface area contributed by atoms with Gasteiger partial charge in [-0.2, -0.15) is 0 Å². The zero-order valence-corrected chi connectivity index (χ0v) is 11.8. The second kappa shape index (κ2) is 7.14. The first kappa shape index (κ1) is 13.1. The van der Waals surface area contributed by atoms with Gasteiger partial charge >= 0.3 is 0 Å². The Morgan fingerprint density at radius 2 is 2.12 bits per heavy atom. The maximum atomic E-state index is 3.58. The average Bonchev–Trinajstić information content (AvgIpc) is 2.36. The van der Waals surface area contributed by atoms with Crippen LogP contribution in [0.2, 0.25) is 0 Å². The Balaban J connectivity index is 1.62. The third kappa shape index (κ3) is 4.78. The van der Waals surface area contributed by atoms with Crippen molar-refractivity contribution in [1.82, 2.24) is 10.6 Å². The van der Waals surface area contributed by atoms with E-state index < -0.39 is 0 Å². The van der Waals surface area contributed by atoms with Crippen molar-refractivity contribution in [3.63, 3.8) is 0 Å². The summed E-state index contributed by atoms with van der Waals surface area (Å²) < 4.78 is 1.17. The summed E-state index contributed by atoms with van der Waals surface area (Å²) in [6.07, 6.45) is 3.76. The van der Waals surface area contributed by atoms with Crippen molar-refractivity contribution in [2.24, 2.45) is 5.92 Å². The zero-order valence-electron chi connectivity index (χ0n) is 10.2. The normalized spacial score (nSPS) is 17.2. The van der Waals surface area contributed by atoms with Crippen LogP contribution in [0.3, 0.4) is 0 Å². The summed E-state index contributed by atoms with van der Waals surface area (Å²) in [6.45, 7) is 4.64. The third-order valence-electron chi connectivity index (χ3n) is 3.37. The van der Waals surface area contributed by atoms with E-state index in [9.17, 15) is 0 Å². The van der Waals surface area contributed by atoms with Gasteiger partial charge in [-0.1, -0.05) is 28.1 Å². The Bertz CT molecular complexity index is 335. The van der Waals surface area contributed by atoms with Gasteiger partial charge in [-0.05, 0) is 69.1 Å². The van der Waals surface area contributed by atoms with Crippen molar-refractivity contribution < 1.29 is 0 Å². The van der Waals surface area contributed by atoms with E-state index in [0.29, 0.717) is 0 Å². The Morgan fingerprint density at radius 3 is 2.88 bits per heavy atom. The lowest BCUT2D eigenvalue weighted by atomic mass is 9.98. The molecule has 2 rings (SSSR count). The van der Waals surface area contributed by atoms with E-state index in [1.807, 2.05) is 0 Å². The summed E-state index contributed by atoms with van der Waals surface area (Å²) >= 11 is 3.51. The van der Waals surface area contributed by atoms with Crippen molar-refractivity contribution in [3.05, 3.63) is 34.3 Å². The number of nitrogens with one attached hydrogen (secondary N) is 2. The van der Waals surface area contributed by atoms with E-state index in [2.05, 4.69) is 50.8 Å². The van der Waals surface area contributed by atoms with Gasteiger partial charge in [-0.25, -0.2) is 0 Å². The maximum absolute atomic E-state index is 3.58. The summed E-state index contributed by atoms with van der Waals surface area (Å²) in [7, 11) is 0. The predicted octanol–water partition coefficient (Wildman–Crippen LogP) is 2.58. The van der Waals surface area contributed by atoms with Gasteiger partial charge in [0, 0.05) is 4.47 Å². The number of piperidine rings is 1. The first-order valence-corrected chi connectivity index (χ1v) is 7.30. The quantitative estimate of drug-likeness (QED) is 0.816. The highest BCUT2D eigenvalue weighted by Gasteiger charge is 2.11. The fourth-order valence-electron chi connectivity index (χ4n) is 2.32. The zero-order chi connectivity index (χ0) is 11.9. The summed E-state index contributed by atoms with van der Waals surface area (Å²) in [5.41, 5.74) is 1.40. The first-order valence-electron chi connectivity index (χ1n) is 6.50. The molecule has 0 spiro atoms. The van der Waals surface area contributed by atoms with Gasteiger partial charge < -0.3 is 10.6 Å². The van der Waals surface area contributed by atoms with E-state index in [1.54, 1.807) is 0 Å². The Kier molecular flexibility index (Phi) is 5.49. The number of rotatable bonds is 5. The predicted molar refractivity (Wildman–Crippen MR) is 76.3 cm³/mol. The van der Waals surface area contributed by atoms with Gasteiger partial charge in [0.1, 0.15) is 0 Å². The molecular weight excluding hydrogens is 276 g/mol. The molecule has 0 radical (unpaired) electrons. The number of hydrogen-bond donors (Lipinski definition) is 2. The maximum Gasteiger partial charge on any atom is 0.0178 e. The lowest BCUT2D eigenvalue weighted by molar-refractivity contribution is 0.358. The van der Waals surface area contributed by atoms with Crippen LogP contribution in [-0.2, 0) is 6.42 Å². The molecule has 2 nitrogen and oxygen atoms in total. The molecule has 17 heavy (non-hydrogen) atoms. The van der Waals surface area contributed by atoms with Gasteiger partial charge in [0.25, 0.3) is 0 Å². The van der Waals surface area contributed by atoms with Crippen LogP contribution >= 0.6 is 15.9 Å². The van der Waals surface area contributed by atoms with Gasteiger partial charge in [0.2, 0.25) is 0 Å². The van der Waals surface area contributed by atoms with Crippen LogP contribution in [0.15, 0.2) is 28.7 Å². The van der Waals surface area contributed by atoms with Crippen molar-refractivity contribution >= 4 is 15.9 Å². The van der Waals surface area contributed by atoms with Gasteiger partial charge in [0.05, 0.1) is 0 Å². The molecule has 0 unspecified atom stereocenters. The summed E-state index contributed by atoms with van der Waals surface area (Å²) in [5, 5.41) is 6.98. The van der Waals surface area contributed by atoms with E-state index in [-0.39, 0.29) is 0 Å². The highest BCUT2D eigenvalue weighted by molar-refractivity contribution is 9.10. The molecule has 1 aromatic rings. The molecule has 1 heterocycles. The molecule has 1 aromatic carbocycles. The van der Waals surface area contributed by atoms with E-state index in [4.69, 9.17) is 0 Å². The average molecular weight is 297 g/mol. The molecule has 1 aliphatic rings. The smallest absolute Gasteiger partial charge is 0.0178 e. The molecule has 0 saturated carbocycles. The fraction of sp³-hybridized carbons (Fsp3) is 0.571. The number of hydrogen-bond acceptors (Lipinski definition) is 2. The molecule has 1 aliphatic heterocycles. The van der Waals surface area contributed by atoms with Gasteiger partial charge in [0.15, 0.2) is 0 Å². The van der Waals surface area contributed by atoms with Crippen LogP contribution < -0.4 is 10.6 Å². The van der Waals surface area contributed by atoms with Crippen molar-refractivity contribution in [1.29, 1.82) is 0 Å². The van der Waals surface area contributed by atoms with Gasteiger partial charge in [-0.15, -0.1) is 0 Å². The minimum absolute atomic E-state index is 0.874. The highest BCUT2D eigenvalue weighted by Crippen LogP contribution is 2.12. The molecule has 0 aliphatic carbocycles. The molecule has 94 valence electrons. The van der Waals surface area contributed by atoms with Crippen LogP contribution in [0.1, 0.15) is 18.4 Å². The summed E-state index contributed by atoms with van der Waals surface area (Å²) in [4.78, 5) is 0. The van der Waals surface area contributed by atoms with Crippen molar-refractivity contribution in [3.8, 4) is 0 Å². The Hall–Kier alpha value is -0.380. The van der Waals surface area contributed by atoms with E-state index in [1.165, 1.54) is 42.5 Å². The molecule has 0 amide bonds. The van der Waals surface area contributed by atoms with Crippen LogP contribution in [0, 0.1) is 5.92 Å². The molecular formula is C14H21BrN2. The number of benzene rings is 1. The summed E-state index contributed by atoms with van der Waals surface area (Å²) in [6, 6.07) is 8.57. The standard InChI is InChI=1S/C14H21BrN2/c15-14-3-1-2-12(10-14)4-9-17-11-13-5-7-16-8-6-13/h1-3,10,13,16-17H,4-9,11H2. The van der Waals surface area contributed by atoms with Gasteiger partial charge in [-0.3, -0.25) is 0 Å². The highest BCUT2D eigenvalue weighted by atomic mass is 79.9.